The van der Waals surface area contributed by atoms with Crippen molar-refractivity contribution in [3.05, 3.63) is 35.9 Å². The van der Waals surface area contributed by atoms with E-state index in [1.165, 1.54) is 5.56 Å². The summed E-state index contributed by atoms with van der Waals surface area (Å²) >= 11 is 1.90. The maximum atomic E-state index is 12.4. The van der Waals surface area contributed by atoms with Gasteiger partial charge in [0.05, 0.1) is 0 Å². The van der Waals surface area contributed by atoms with Crippen molar-refractivity contribution in [1.29, 1.82) is 0 Å². The Balaban J connectivity index is 1.66. The van der Waals surface area contributed by atoms with E-state index in [4.69, 9.17) is 0 Å². The molecule has 20 heavy (non-hydrogen) atoms. The van der Waals surface area contributed by atoms with Crippen LogP contribution in [-0.4, -0.2) is 41.6 Å². The Bertz CT molecular complexity index is 506. The molecule has 2 aliphatic rings. The molecule has 106 valence electrons. The lowest BCUT2D eigenvalue weighted by molar-refractivity contribution is -0.134. The number of rotatable bonds is 2. The number of nitrogens with one attached hydrogen (secondary N) is 1. The van der Waals surface area contributed by atoms with Gasteiger partial charge < -0.3 is 10.2 Å². The zero-order valence-electron chi connectivity index (χ0n) is 11.2. The minimum atomic E-state index is -0.304. The number of amides is 2. The number of hydrogen-bond donors (Lipinski definition) is 1. The summed E-state index contributed by atoms with van der Waals surface area (Å²) < 4.78 is 0. The highest BCUT2D eigenvalue weighted by Gasteiger charge is 2.33. The number of carbonyl (C=O) groups excluding carboxylic acids is 2. The summed E-state index contributed by atoms with van der Waals surface area (Å²) in [5, 5.41) is 3.11. The molecule has 4 nitrogen and oxygen atoms in total. The maximum Gasteiger partial charge on any atom is 0.245 e. The predicted octanol–water partition coefficient (Wildman–Crippen LogP) is 1.58. The predicted molar refractivity (Wildman–Crippen MR) is 79.4 cm³/mol. The smallest absolute Gasteiger partial charge is 0.245 e. The van der Waals surface area contributed by atoms with Gasteiger partial charge in [0.15, 0.2) is 0 Å². The van der Waals surface area contributed by atoms with Crippen molar-refractivity contribution < 1.29 is 9.59 Å². The van der Waals surface area contributed by atoms with Gasteiger partial charge in [-0.05, 0) is 12.0 Å². The number of nitrogens with zero attached hydrogens (tertiary/aromatic N) is 1. The Kier molecular flexibility index (Phi) is 3.96. The fourth-order valence-corrected chi connectivity index (χ4v) is 3.98. The minimum Gasteiger partial charge on any atom is -0.344 e. The van der Waals surface area contributed by atoms with Gasteiger partial charge in [0, 0.05) is 30.5 Å². The Morgan fingerprint density at radius 1 is 1.30 bits per heavy atom. The molecule has 2 fully saturated rings. The Hall–Kier alpha value is -1.49. The van der Waals surface area contributed by atoms with Gasteiger partial charge in [0.25, 0.3) is 0 Å². The number of hydrogen-bond acceptors (Lipinski definition) is 3. The summed E-state index contributed by atoms with van der Waals surface area (Å²) in [6, 6.07) is 10.0. The zero-order chi connectivity index (χ0) is 13.9. The quantitative estimate of drug-likeness (QED) is 0.899. The Morgan fingerprint density at radius 3 is 2.80 bits per heavy atom. The van der Waals surface area contributed by atoms with Crippen molar-refractivity contribution in [3.8, 4) is 0 Å². The molecule has 0 radical (unpaired) electrons. The first-order valence-electron chi connectivity index (χ1n) is 6.99. The molecular weight excluding hydrogens is 272 g/mol. The maximum absolute atomic E-state index is 12.4. The minimum absolute atomic E-state index is 0.00524. The average molecular weight is 290 g/mol. The van der Waals surface area contributed by atoms with Crippen LogP contribution in [0.1, 0.15) is 23.7 Å². The molecule has 0 saturated carbocycles. The first-order valence-corrected chi connectivity index (χ1v) is 8.03. The first kappa shape index (κ1) is 13.5. The molecule has 2 atom stereocenters. The van der Waals surface area contributed by atoms with Crippen molar-refractivity contribution in [1.82, 2.24) is 10.2 Å². The van der Waals surface area contributed by atoms with Gasteiger partial charge in [-0.3, -0.25) is 9.59 Å². The van der Waals surface area contributed by atoms with Crippen LogP contribution in [0, 0.1) is 0 Å². The molecule has 3 rings (SSSR count). The molecule has 2 saturated heterocycles. The lowest BCUT2D eigenvalue weighted by Crippen LogP contribution is -2.48. The molecule has 2 aliphatic heterocycles. The largest absolute Gasteiger partial charge is 0.344 e. The van der Waals surface area contributed by atoms with Crippen LogP contribution in [0.5, 0.6) is 0 Å². The molecule has 0 aromatic heterocycles. The highest BCUT2D eigenvalue weighted by atomic mass is 32.2. The number of benzene rings is 1. The first-order chi connectivity index (χ1) is 9.74. The summed E-state index contributed by atoms with van der Waals surface area (Å²) in [5.41, 5.74) is 1.27. The summed E-state index contributed by atoms with van der Waals surface area (Å²) in [6.45, 7) is 1.51. The van der Waals surface area contributed by atoms with Crippen LogP contribution in [0.4, 0.5) is 0 Å². The lowest BCUT2D eigenvalue weighted by atomic mass is 10.1. The van der Waals surface area contributed by atoms with Crippen molar-refractivity contribution in [2.75, 3.05) is 18.8 Å². The molecule has 2 heterocycles. The second-order valence-corrected chi connectivity index (χ2v) is 6.52. The molecule has 2 amide bonds. The Morgan fingerprint density at radius 2 is 2.10 bits per heavy atom. The summed E-state index contributed by atoms with van der Waals surface area (Å²) in [7, 11) is 0. The third-order valence-electron chi connectivity index (χ3n) is 3.84. The monoisotopic (exact) mass is 290 g/mol. The third kappa shape index (κ3) is 2.82. The molecule has 2 unspecified atom stereocenters. The fourth-order valence-electron chi connectivity index (χ4n) is 2.74. The van der Waals surface area contributed by atoms with Crippen molar-refractivity contribution in [2.45, 2.75) is 24.1 Å². The van der Waals surface area contributed by atoms with Crippen LogP contribution in [0.25, 0.3) is 0 Å². The zero-order valence-corrected chi connectivity index (χ0v) is 12.1. The molecule has 0 aliphatic carbocycles. The van der Waals surface area contributed by atoms with Crippen LogP contribution < -0.4 is 5.32 Å². The second kappa shape index (κ2) is 5.87. The van der Waals surface area contributed by atoms with E-state index in [9.17, 15) is 9.59 Å². The lowest BCUT2D eigenvalue weighted by Gasteiger charge is -2.34. The van der Waals surface area contributed by atoms with Gasteiger partial charge in [-0.15, -0.1) is 0 Å². The van der Waals surface area contributed by atoms with Gasteiger partial charge in [-0.2, -0.15) is 11.8 Å². The normalized spacial score (nSPS) is 26.4. The van der Waals surface area contributed by atoms with Crippen molar-refractivity contribution >= 4 is 23.6 Å². The SMILES string of the molecule is O=C1CCC(C(=O)N2CCSC(c3ccccc3)C2)N1. The van der Waals surface area contributed by atoms with Crippen LogP contribution in [0.15, 0.2) is 30.3 Å². The van der Waals surface area contributed by atoms with E-state index < -0.39 is 0 Å². The fraction of sp³-hybridized carbons (Fsp3) is 0.467. The van der Waals surface area contributed by atoms with Crippen molar-refractivity contribution in [2.24, 2.45) is 0 Å². The average Bonchev–Trinajstić information content (AvgIpc) is 2.94. The Labute approximate surface area is 122 Å². The van der Waals surface area contributed by atoms with E-state index in [-0.39, 0.29) is 17.9 Å². The van der Waals surface area contributed by atoms with Crippen molar-refractivity contribution in [3.63, 3.8) is 0 Å². The standard InChI is InChI=1S/C15H18N2O2S/c18-14-7-6-12(16-14)15(19)17-8-9-20-13(10-17)11-4-2-1-3-5-11/h1-5,12-13H,6-10H2,(H,16,18). The van der Waals surface area contributed by atoms with E-state index in [0.717, 1.165) is 18.8 Å². The highest BCUT2D eigenvalue weighted by Crippen LogP contribution is 2.33. The second-order valence-electron chi connectivity index (χ2n) is 5.21. The summed E-state index contributed by atoms with van der Waals surface area (Å²) in [6.07, 6.45) is 1.11. The van der Waals surface area contributed by atoms with E-state index in [2.05, 4.69) is 17.4 Å². The number of thioether (sulfide) groups is 1. The molecule has 1 N–H and O–H groups in total. The molecular formula is C15H18N2O2S. The van der Waals surface area contributed by atoms with Gasteiger partial charge in [-0.1, -0.05) is 30.3 Å². The van der Waals surface area contributed by atoms with Gasteiger partial charge in [0.1, 0.15) is 6.04 Å². The molecule has 0 bridgehead atoms. The van der Waals surface area contributed by atoms with Gasteiger partial charge in [-0.25, -0.2) is 0 Å². The van der Waals surface area contributed by atoms with E-state index in [0.29, 0.717) is 18.1 Å². The molecule has 1 aromatic rings. The third-order valence-corrected chi connectivity index (χ3v) is 5.08. The van der Waals surface area contributed by atoms with Crippen LogP contribution in [0.3, 0.4) is 0 Å². The van der Waals surface area contributed by atoms with E-state index in [1.54, 1.807) is 0 Å². The van der Waals surface area contributed by atoms with Gasteiger partial charge >= 0.3 is 0 Å². The van der Waals surface area contributed by atoms with Crippen LogP contribution >= 0.6 is 11.8 Å². The van der Waals surface area contributed by atoms with Gasteiger partial charge in [0.2, 0.25) is 11.8 Å². The summed E-state index contributed by atoms with van der Waals surface area (Å²) in [5.74, 6) is 1.03. The van der Waals surface area contributed by atoms with Crippen LogP contribution in [-0.2, 0) is 9.59 Å². The van der Waals surface area contributed by atoms with E-state index in [1.807, 2.05) is 34.9 Å². The van der Waals surface area contributed by atoms with Crippen LogP contribution in [0.2, 0.25) is 0 Å². The topological polar surface area (TPSA) is 49.4 Å². The number of carbonyl (C=O) groups is 2. The molecule has 1 aromatic carbocycles. The highest BCUT2D eigenvalue weighted by molar-refractivity contribution is 7.99. The molecule has 5 heteroatoms. The molecule has 0 spiro atoms. The van der Waals surface area contributed by atoms with E-state index >= 15 is 0 Å². The summed E-state index contributed by atoms with van der Waals surface area (Å²) in [4.78, 5) is 25.6.